The summed E-state index contributed by atoms with van der Waals surface area (Å²) in [6, 6.07) is 0. The average Bonchev–Trinajstić information content (AvgIpc) is 3.23. The molecule has 0 radical (unpaired) electrons. The first-order chi connectivity index (χ1) is 10.8. The number of allylic oxidation sites excluding steroid dienone is 3. The monoisotopic (exact) mass is 314 g/mol. The van der Waals surface area contributed by atoms with E-state index in [1.54, 1.807) is 0 Å². The molecule has 3 heteroatoms. The number of aliphatic hydroxyl groups is 2. The Balaban J connectivity index is 1.59. The molecule has 23 heavy (non-hydrogen) atoms. The van der Waals surface area contributed by atoms with E-state index in [4.69, 9.17) is 0 Å². The Morgan fingerprint density at radius 3 is 2.78 bits per heavy atom. The van der Waals surface area contributed by atoms with Gasteiger partial charge in [0.2, 0.25) is 0 Å². The molecule has 3 saturated carbocycles. The normalized spacial score (nSPS) is 59.6. The summed E-state index contributed by atoms with van der Waals surface area (Å²) < 4.78 is 0. The van der Waals surface area contributed by atoms with Crippen molar-refractivity contribution in [3.63, 3.8) is 0 Å². The molecule has 3 unspecified atom stereocenters. The zero-order chi connectivity index (χ0) is 16.2. The van der Waals surface area contributed by atoms with Crippen molar-refractivity contribution in [1.29, 1.82) is 0 Å². The maximum atomic E-state index is 12.7. The maximum absolute atomic E-state index is 12.7. The molecular formula is C20H26O3. The molecule has 3 fully saturated rings. The molecule has 0 aliphatic heterocycles. The van der Waals surface area contributed by atoms with Gasteiger partial charge in [-0.2, -0.15) is 0 Å². The lowest BCUT2D eigenvalue weighted by Crippen LogP contribution is -2.61. The van der Waals surface area contributed by atoms with Crippen LogP contribution in [0.4, 0.5) is 0 Å². The minimum atomic E-state index is -0.889. The van der Waals surface area contributed by atoms with Crippen LogP contribution in [0.2, 0.25) is 0 Å². The first kappa shape index (κ1) is 14.4. The molecule has 0 saturated heterocycles. The smallest absolute Gasteiger partial charge is 0.150 e. The van der Waals surface area contributed by atoms with E-state index in [-0.39, 0.29) is 16.7 Å². The number of carbonyl (C=O) groups is 1. The third-order valence-electron chi connectivity index (χ3n) is 8.27. The number of rotatable bonds is 0. The van der Waals surface area contributed by atoms with Crippen LogP contribution in [0, 0.1) is 34.5 Å². The lowest BCUT2D eigenvalue weighted by atomic mass is 9.45. The van der Waals surface area contributed by atoms with E-state index in [9.17, 15) is 15.0 Å². The van der Waals surface area contributed by atoms with Crippen molar-refractivity contribution in [2.45, 2.75) is 57.7 Å². The van der Waals surface area contributed by atoms with Crippen molar-refractivity contribution in [2.24, 2.45) is 34.5 Å². The minimum Gasteiger partial charge on any atom is -0.393 e. The highest BCUT2D eigenvalue weighted by Gasteiger charge is 2.67. The van der Waals surface area contributed by atoms with Crippen molar-refractivity contribution >= 4 is 5.78 Å². The number of hydrogen-bond acceptors (Lipinski definition) is 3. The van der Waals surface area contributed by atoms with Gasteiger partial charge in [0.05, 0.1) is 17.6 Å². The summed E-state index contributed by atoms with van der Waals surface area (Å²) in [5, 5.41) is 21.3. The summed E-state index contributed by atoms with van der Waals surface area (Å²) in [5.74, 6) is 1.71. The Morgan fingerprint density at radius 2 is 2.00 bits per heavy atom. The van der Waals surface area contributed by atoms with Gasteiger partial charge in [-0.05, 0) is 43.4 Å². The number of hydrogen-bond donors (Lipinski definition) is 2. The molecule has 0 amide bonds. The van der Waals surface area contributed by atoms with Gasteiger partial charge >= 0.3 is 0 Å². The van der Waals surface area contributed by atoms with Crippen molar-refractivity contribution in [2.75, 3.05) is 0 Å². The molecule has 5 rings (SSSR count). The van der Waals surface area contributed by atoms with E-state index in [2.05, 4.69) is 26.0 Å². The molecule has 0 aromatic rings. The Hall–Kier alpha value is -0.930. The number of fused-ring (bicyclic) bond motifs is 7. The van der Waals surface area contributed by atoms with Crippen LogP contribution < -0.4 is 0 Å². The molecule has 0 heterocycles. The molecule has 0 aromatic heterocycles. The average molecular weight is 314 g/mol. The second-order valence-corrected chi connectivity index (χ2v) is 9.22. The predicted octanol–water partition coefficient (Wildman–Crippen LogP) is 2.63. The van der Waals surface area contributed by atoms with Crippen LogP contribution in [0.25, 0.3) is 0 Å². The number of carbonyl (C=O) groups excluding carboxylic acids is 1. The highest BCUT2D eigenvalue weighted by atomic mass is 16.3. The van der Waals surface area contributed by atoms with E-state index in [0.29, 0.717) is 30.0 Å². The van der Waals surface area contributed by atoms with Crippen LogP contribution in [0.3, 0.4) is 0 Å². The zero-order valence-electron chi connectivity index (χ0n) is 14.0. The molecule has 2 N–H and O–H groups in total. The molecule has 5 aliphatic carbocycles. The maximum Gasteiger partial charge on any atom is 0.150 e. The Bertz CT molecular complexity index is 664. The second kappa shape index (κ2) is 4.00. The first-order valence-corrected chi connectivity index (χ1v) is 9.16. The molecule has 0 aromatic carbocycles. The summed E-state index contributed by atoms with van der Waals surface area (Å²) in [6.07, 6.45) is 10.0. The van der Waals surface area contributed by atoms with Crippen LogP contribution in [-0.2, 0) is 4.79 Å². The van der Waals surface area contributed by atoms with Crippen molar-refractivity contribution in [3.8, 4) is 0 Å². The van der Waals surface area contributed by atoms with Gasteiger partial charge in [-0.25, -0.2) is 0 Å². The fraction of sp³-hybridized carbons (Fsp3) is 0.750. The van der Waals surface area contributed by atoms with Crippen molar-refractivity contribution in [1.82, 2.24) is 0 Å². The van der Waals surface area contributed by atoms with E-state index >= 15 is 0 Å². The van der Waals surface area contributed by atoms with Gasteiger partial charge < -0.3 is 10.2 Å². The van der Waals surface area contributed by atoms with Crippen LogP contribution >= 0.6 is 0 Å². The Kier molecular flexibility index (Phi) is 2.51. The standard InChI is InChI=1S/C20H26O3/c1-18-6-5-15-12(16(18)13-9-14(13)17(18)22)4-8-20(23)10-11(21)3-7-19(15,20)2/h4,8-9,11-12,14-16,21,23H,3,5-7,10H2,1-2H3/t11-,12?,14-,15?,16?,18-,19+,20-/m0/s1. The summed E-state index contributed by atoms with van der Waals surface area (Å²) in [6.45, 7) is 4.39. The van der Waals surface area contributed by atoms with Crippen LogP contribution in [0.5, 0.6) is 0 Å². The number of ketones is 1. The second-order valence-electron chi connectivity index (χ2n) is 9.22. The number of Topliss-reactive ketones (excluding diaryl/α,β-unsaturated/α-hetero) is 1. The van der Waals surface area contributed by atoms with Gasteiger partial charge in [-0.1, -0.05) is 37.6 Å². The third-order valence-corrected chi connectivity index (χ3v) is 8.27. The van der Waals surface area contributed by atoms with E-state index < -0.39 is 11.7 Å². The van der Waals surface area contributed by atoms with E-state index in [1.807, 2.05) is 6.08 Å². The molecule has 124 valence electrons. The van der Waals surface area contributed by atoms with Crippen molar-refractivity contribution < 1.29 is 15.0 Å². The SMILES string of the molecule is C[C@]12CCC3C(C=C[C@]4(O)C[C@@H](O)CC[C@]34C)C1C1=C[C@@H]1C2=O. The van der Waals surface area contributed by atoms with Gasteiger partial charge in [0.15, 0.2) is 0 Å². The highest BCUT2D eigenvalue weighted by molar-refractivity contribution is 5.99. The first-order valence-electron chi connectivity index (χ1n) is 9.16. The molecule has 3 nitrogen and oxygen atoms in total. The number of aliphatic hydroxyl groups excluding tert-OH is 1. The lowest BCUT2D eigenvalue weighted by molar-refractivity contribution is -0.165. The lowest BCUT2D eigenvalue weighted by Gasteiger charge is -2.60. The van der Waals surface area contributed by atoms with Gasteiger partial charge in [0.25, 0.3) is 0 Å². The summed E-state index contributed by atoms with van der Waals surface area (Å²) in [5.41, 5.74) is 0.130. The fourth-order valence-electron chi connectivity index (χ4n) is 6.75. The summed E-state index contributed by atoms with van der Waals surface area (Å²) in [7, 11) is 0. The Morgan fingerprint density at radius 1 is 1.22 bits per heavy atom. The molecule has 8 atom stereocenters. The highest BCUT2D eigenvalue weighted by Crippen LogP contribution is 2.69. The Labute approximate surface area is 137 Å². The van der Waals surface area contributed by atoms with Gasteiger partial charge in [-0.15, -0.1) is 0 Å². The van der Waals surface area contributed by atoms with Crippen LogP contribution in [0.15, 0.2) is 23.8 Å². The molecular weight excluding hydrogens is 288 g/mol. The molecule has 5 aliphatic rings. The summed E-state index contributed by atoms with van der Waals surface area (Å²) in [4.78, 5) is 12.7. The predicted molar refractivity (Wildman–Crippen MR) is 86.4 cm³/mol. The third kappa shape index (κ3) is 1.52. The topological polar surface area (TPSA) is 57.5 Å². The van der Waals surface area contributed by atoms with Crippen molar-refractivity contribution in [3.05, 3.63) is 23.8 Å². The van der Waals surface area contributed by atoms with Gasteiger partial charge in [0.1, 0.15) is 5.78 Å². The largest absolute Gasteiger partial charge is 0.393 e. The van der Waals surface area contributed by atoms with E-state index in [0.717, 1.165) is 25.7 Å². The summed E-state index contributed by atoms with van der Waals surface area (Å²) >= 11 is 0. The minimum absolute atomic E-state index is 0.138. The zero-order valence-corrected chi connectivity index (χ0v) is 14.0. The quantitative estimate of drug-likeness (QED) is 0.676. The van der Waals surface area contributed by atoms with Gasteiger partial charge in [-0.3, -0.25) is 4.79 Å². The van der Waals surface area contributed by atoms with Gasteiger partial charge in [0, 0.05) is 17.3 Å². The van der Waals surface area contributed by atoms with Crippen LogP contribution in [-0.4, -0.2) is 27.7 Å². The van der Waals surface area contributed by atoms with Crippen LogP contribution in [0.1, 0.15) is 46.0 Å². The van der Waals surface area contributed by atoms with E-state index in [1.165, 1.54) is 5.57 Å². The molecule has 0 bridgehead atoms. The molecule has 0 spiro atoms. The fourth-order valence-corrected chi connectivity index (χ4v) is 6.75.